The summed E-state index contributed by atoms with van der Waals surface area (Å²) in [5.74, 6) is 0. The van der Waals surface area contributed by atoms with Crippen LogP contribution in [0.5, 0.6) is 0 Å². The zero-order chi connectivity index (χ0) is 35.9. The van der Waals surface area contributed by atoms with E-state index >= 15 is 0 Å². The third kappa shape index (κ3) is 7.79. The molecular weight excluding hydrogens is 780 g/mol. The van der Waals surface area contributed by atoms with Crippen LogP contribution in [0.3, 0.4) is 0 Å². The maximum Gasteiger partial charge on any atom is 0.342 e. The minimum atomic E-state index is -7.11. The maximum atomic E-state index is 12.7. The topological polar surface area (TPSA) is 512 Å². The van der Waals surface area contributed by atoms with Gasteiger partial charge in [0.05, 0.1) is 11.1 Å². The fourth-order valence-electron chi connectivity index (χ4n) is 6.28. The molecule has 1 aliphatic rings. The first kappa shape index (κ1) is 43.1. The van der Waals surface area contributed by atoms with Crippen molar-refractivity contribution in [3.8, 4) is 0 Å². The molecule has 0 aliphatic heterocycles. The van der Waals surface area contributed by atoms with Crippen LogP contribution in [0.1, 0.15) is 19.3 Å². The lowest BCUT2D eigenvalue weighted by molar-refractivity contribution is -0.00355. The van der Waals surface area contributed by atoms with Crippen LogP contribution in [0.25, 0.3) is 0 Å². The van der Waals surface area contributed by atoms with Gasteiger partial charge in [0.1, 0.15) is 0 Å². The zero-order valence-corrected chi connectivity index (χ0v) is 28.2. The lowest BCUT2D eigenvalue weighted by Gasteiger charge is -2.66. The monoisotopic (exact) mass is 810 g/mol. The molecule has 44 heavy (non-hydrogen) atoms. The van der Waals surface area contributed by atoms with Crippen LogP contribution in [-0.2, 0) is 36.5 Å². The molecule has 0 aromatic carbocycles. The van der Waals surface area contributed by atoms with Crippen molar-refractivity contribution >= 4 is 60.8 Å². The highest BCUT2D eigenvalue weighted by atomic mass is 31.3. The molecule has 0 radical (unpaired) electrons. The Bertz CT molecular complexity index is 1380. The Hall–Kier alpha value is 1.12. The number of hydrogen-bond donors (Lipinski definition) is 18. The van der Waals surface area contributed by atoms with Gasteiger partial charge in [-0.25, -0.2) is 0 Å². The highest BCUT2D eigenvalue weighted by Crippen LogP contribution is 2.85. The molecular formula is C10H30N2O24P8. The molecule has 1 rings (SSSR count). The summed E-state index contributed by atoms with van der Waals surface area (Å²) in [7, 11) is -56.2. The number of rotatable bonds is 12. The SMILES string of the molecule is NC1(C(P(=O)(O)O)P(=O)(O)O)CCCC(C(P(=O)(O)O)P(=O)(O)O)(C(P(=O)(O)O)P(=O)(O)O)C1(N)C(P(=O)(O)O)P(=O)(O)O. The van der Waals surface area contributed by atoms with Gasteiger partial charge in [-0.05, 0) is 12.8 Å². The van der Waals surface area contributed by atoms with Crippen LogP contribution >= 0.6 is 60.8 Å². The normalized spacial score (nSPS) is 25.3. The van der Waals surface area contributed by atoms with Crippen molar-refractivity contribution in [2.75, 3.05) is 0 Å². The summed E-state index contributed by atoms with van der Waals surface area (Å²) >= 11 is 0. The quantitative estimate of drug-likeness (QED) is 0.0843. The van der Waals surface area contributed by atoms with E-state index in [0.717, 1.165) is 0 Å². The molecule has 34 heteroatoms. The van der Waals surface area contributed by atoms with Gasteiger partial charge in [0.15, 0.2) is 21.6 Å². The Morgan fingerprint density at radius 3 is 0.818 bits per heavy atom. The van der Waals surface area contributed by atoms with Crippen LogP contribution in [0, 0.1) is 5.41 Å². The Morgan fingerprint density at radius 2 is 0.614 bits per heavy atom. The van der Waals surface area contributed by atoms with Crippen molar-refractivity contribution in [3.05, 3.63) is 0 Å². The molecule has 264 valence electrons. The predicted molar refractivity (Wildman–Crippen MR) is 142 cm³/mol. The van der Waals surface area contributed by atoms with E-state index in [1.54, 1.807) is 0 Å². The van der Waals surface area contributed by atoms with Crippen molar-refractivity contribution in [1.82, 2.24) is 0 Å². The standard InChI is InChI=1S/C10H30N2O24P8/c11-9(6(41(25,26)27)42(28,29)30)3-1-2-8(4(37(13,14)15)38(16,17)18,5(39(19,20)21)40(22,23)24)10(9,12)7(43(31,32)33)44(34,35)36/h4-7H,1-3,11-12H2,(H2,13,14,15)(H2,16,17,18)(H2,19,20,21)(H2,22,23,24)(H2,25,26,27)(H2,28,29,30)(H2,31,32,33)(H2,34,35,36). The molecule has 0 heterocycles. The minimum absolute atomic E-state index is 1.45. The van der Waals surface area contributed by atoms with Crippen LogP contribution in [0.4, 0.5) is 0 Å². The number of nitrogens with two attached hydrogens (primary N) is 2. The van der Waals surface area contributed by atoms with E-state index < -0.39 is 118 Å². The van der Waals surface area contributed by atoms with Gasteiger partial charge >= 0.3 is 60.8 Å². The highest BCUT2D eigenvalue weighted by Gasteiger charge is 2.86. The first-order valence-corrected chi connectivity index (χ1v) is 24.1. The largest absolute Gasteiger partial charge is 0.342 e. The molecule has 0 aromatic heterocycles. The van der Waals surface area contributed by atoms with E-state index in [9.17, 15) is 115 Å². The van der Waals surface area contributed by atoms with Gasteiger partial charge in [-0.1, -0.05) is 6.42 Å². The average Bonchev–Trinajstić information content (AvgIpc) is 2.56. The van der Waals surface area contributed by atoms with Crippen LogP contribution in [0.2, 0.25) is 0 Å². The van der Waals surface area contributed by atoms with Crippen molar-refractivity contribution in [3.63, 3.8) is 0 Å². The molecule has 0 saturated heterocycles. The lowest BCUT2D eigenvalue weighted by atomic mass is 9.55. The molecule has 2 atom stereocenters. The van der Waals surface area contributed by atoms with E-state index in [0.29, 0.717) is 0 Å². The van der Waals surface area contributed by atoms with Gasteiger partial charge in [-0.3, -0.25) is 36.5 Å². The fraction of sp³-hybridized carbons (Fsp3) is 1.00. The molecule has 20 N–H and O–H groups in total. The van der Waals surface area contributed by atoms with Crippen molar-refractivity contribution in [2.24, 2.45) is 16.9 Å². The van der Waals surface area contributed by atoms with Crippen molar-refractivity contribution < 1.29 is 115 Å². The second kappa shape index (κ2) is 12.2. The molecule has 0 aromatic rings. The fourth-order valence-corrected chi connectivity index (χ4v) is 21.3. The van der Waals surface area contributed by atoms with Crippen LogP contribution < -0.4 is 11.5 Å². The van der Waals surface area contributed by atoms with Gasteiger partial charge in [-0.15, -0.1) is 0 Å². The van der Waals surface area contributed by atoms with Crippen molar-refractivity contribution in [2.45, 2.75) is 51.9 Å². The molecule has 0 spiro atoms. The predicted octanol–water partition coefficient (Wildman–Crippen LogP) is -3.72. The Kier molecular flexibility index (Phi) is 11.9. The summed E-state index contributed by atoms with van der Waals surface area (Å²) in [6.07, 6.45) is -5.21. The summed E-state index contributed by atoms with van der Waals surface area (Å²) in [4.78, 5) is 161. The lowest BCUT2D eigenvalue weighted by Crippen LogP contribution is -2.85. The summed E-state index contributed by atoms with van der Waals surface area (Å²) in [6, 6.07) is 0. The maximum absolute atomic E-state index is 12.7. The Balaban J connectivity index is 5.26. The third-order valence-electron chi connectivity index (χ3n) is 7.06. The Labute approximate surface area is 244 Å². The second-order valence-electron chi connectivity index (χ2n) is 10.0. The first-order valence-electron chi connectivity index (χ1n) is 10.7. The Morgan fingerprint density at radius 1 is 0.386 bits per heavy atom. The molecule has 0 bridgehead atoms. The van der Waals surface area contributed by atoms with E-state index in [-0.39, 0.29) is 0 Å². The van der Waals surface area contributed by atoms with E-state index in [4.69, 9.17) is 11.5 Å². The smallest absolute Gasteiger partial charge is 0.324 e. The van der Waals surface area contributed by atoms with Gasteiger partial charge in [0.25, 0.3) is 0 Å². The molecule has 26 nitrogen and oxygen atoms in total. The average molecular weight is 810 g/mol. The number of hydrogen-bond acceptors (Lipinski definition) is 10. The van der Waals surface area contributed by atoms with Gasteiger partial charge < -0.3 is 89.8 Å². The first-order chi connectivity index (χ1) is 18.7. The summed E-state index contributed by atoms with van der Waals surface area (Å²) in [6.45, 7) is 0. The van der Waals surface area contributed by atoms with E-state index in [2.05, 4.69) is 0 Å². The molecule has 0 amide bonds. The van der Waals surface area contributed by atoms with Crippen LogP contribution in [-0.4, -0.2) is 111 Å². The van der Waals surface area contributed by atoms with Gasteiger partial charge in [0, 0.05) is 5.41 Å². The molecule has 1 fully saturated rings. The van der Waals surface area contributed by atoms with Crippen LogP contribution in [0.15, 0.2) is 0 Å². The summed E-state index contributed by atoms with van der Waals surface area (Å²) in [5, 5.41) is -17.8. The molecule has 2 unspecified atom stereocenters. The van der Waals surface area contributed by atoms with Gasteiger partial charge in [-0.2, -0.15) is 0 Å². The van der Waals surface area contributed by atoms with E-state index in [1.807, 2.05) is 0 Å². The summed E-state index contributed by atoms with van der Waals surface area (Å²) < 4.78 is 101. The highest BCUT2D eigenvalue weighted by molar-refractivity contribution is 7.74. The minimum Gasteiger partial charge on any atom is -0.324 e. The molecule has 1 saturated carbocycles. The van der Waals surface area contributed by atoms with E-state index in [1.165, 1.54) is 0 Å². The third-order valence-corrected chi connectivity index (χ3v) is 23.0. The van der Waals surface area contributed by atoms with Gasteiger partial charge in [0.2, 0.25) is 0 Å². The summed E-state index contributed by atoms with van der Waals surface area (Å²) in [5.41, 5.74) is -2.82. The molecule has 1 aliphatic carbocycles. The van der Waals surface area contributed by atoms with Crippen molar-refractivity contribution in [1.29, 1.82) is 0 Å². The zero-order valence-electron chi connectivity index (χ0n) is 21.1. The second-order valence-corrected chi connectivity index (χ2v) is 25.2.